The van der Waals surface area contributed by atoms with Gasteiger partial charge in [0.05, 0.1) is 12.3 Å². The van der Waals surface area contributed by atoms with Gasteiger partial charge in [0.2, 0.25) is 0 Å². The van der Waals surface area contributed by atoms with Crippen LogP contribution in [-0.2, 0) is 11.4 Å². The fourth-order valence-electron chi connectivity index (χ4n) is 0.408. The third kappa shape index (κ3) is 5.16. The van der Waals surface area contributed by atoms with Crippen molar-refractivity contribution in [3.8, 4) is 6.07 Å². The summed E-state index contributed by atoms with van der Waals surface area (Å²) in [6.07, 6.45) is 2.58. The molecule has 1 unspecified atom stereocenters. The highest BCUT2D eigenvalue weighted by molar-refractivity contribution is 7.91. The summed E-state index contributed by atoms with van der Waals surface area (Å²) in [7, 11) is 0. The Bertz CT molecular complexity index is 190. The Balaban J connectivity index is 3.77. The lowest BCUT2D eigenvalue weighted by atomic mass is 10.3. The third-order valence-corrected chi connectivity index (χ3v) is 2.47. The Morgan fingerprint density at radius 3 is 2.58 bits per heavy atom. The van der Waals surface area contributed by atoms with Gasteiger partial charge >= 0.3 is 0 Å². The lowest BCUT2D eigenvalue weighted by molar-refractivity contribution is 0.561. The summed E-state index contributed by atoms with van der Waals surface area (Å²) in [5.41, 5.74) is 0. The third-order valence-electron chi connectivity index (χ3n) is 1.08. The second-order valence-corrected chi connectivity index (χ2v) is 5.28. The van der Waals surface area contributed by atoms with Crippen LogP contribution in [-0.4, -0.2) is 15.5 Å². The molecule has 0 aromatic carbocycles. The number of nitrogens with zero attached hydrogens (tertiary/aromatic N) is 2. The SMILES string of the molecule is CC(C)(C)[S+]([O-])N=CCCC#N. The van der Waals surface area contributed by atoms with Crippen LogP contribution in [0.5, 0.6) is 0 Å². The standard InChI is InChI=1S/C8H14N2OS/c1-8(2,3)12(11)10-7-5-4-6-9/h7H,4-5H2,1-3H3. The van der Waals surface area contributed by atoms with E-state index < -0.39 is 11.4 Å². The molecule has 0 bridgehead atoms. The number of hydrogen-bond donors (Lipinski definition) is 0. The molecule has 0 aliphatic rings. The second-order valence-electron chi connectivity index (χ2n) is 3.35. The van der Waals surface area contributed by atoms with E-state index in [9.17, 15) is 4.55 Å². The monoisotopic (exact) mass is 186 g/mol. The predicted molar refractivity (Wildman–Crippen MR) is 51.2 cm³/mol. The van der Waals surface area contributed by atoms with E-state index >= 15 is 0 Å². The van der Waals surface area contributed by atoms with Crippen LogP contribution < -0.4 is 0 Å². The first-order valence-electron chi connectivity index (χ1n) is 3.80. The summed E-state index contributed by atoms with van der Waals surface area (Å²) >= 11 is -1.18. The summed E-state index contributed by atoms with van der Waals surface area (Å²) in [6, 6.07) is 1.99. The molecular weight excluding hydrogens is 172 g/mol. The molecule has 0 spiro atoms. The minimum Gasteiger partial charge on any atom is -0.591 e. The maximum absolute atomic E-state index is 11.3. The Labute approximate surface area is 76.8 Å². The highest BCUT2D eigenvalue weighted by atomic mass is 32.2. The Morgan fingerprint density at radius 1 is 1.58 bits per heavy atom. The molecule has 0 heterocycles. The van der Waals surface area contributed by atoms with Crippen molar-refractivity contribution in [1.29, 1.82) is 5.26 Å². The number of unbranched alkanes of at least 4 members (excludes halogenated alkanes) is 1. The Kier molecular flexibility index (Phi) is 4.95. The van der Waals surface area contributed by atoms with Gasteiger partial charge in [-0.3, -0.25) is 0 Å². The topological polar surface area (TPSA) is 59.2 Å². The van der Waals surface area contributed by atoms with Crippen molar-refractivity contribution < 1.29 is 4.55 Å². The molecule has 0 rings (SSSR count). The molecule has 0 aliphatic carbocycles. The average molecular weight is 186 g/mol. The molecular formula is C8H14N2OS. The van der Waals surface area contributed by atoms with Gasteiger partial charge in [0.15, 0.2) is 0 Å². The molecule has 0 aliphatic heterocycles. The second kappa shape index (κ2) is 5.18. The van der Waals surface area contributed by atoms with E-state index in [1.165, 1.54) is 0 Å². The van der Waals surface area contributed by atoms with Gasteiger partial charge in [-0.1, -0.05) is 4.40 Å². The first kappa shape index (κ1) is 11.5. The molecule has 0 amide bonds. The lowest BCUT2D eigenvalue weighted by Crippen LogP contribution is -2.25. The summed E-state index contributed by atoms with van der Waals surface area (Å²) in [4.78, 5) is 0. The first-order chi connectivity index (χ1) is 5.48. The largest absolute Gasteiger partial charge is 0.591 e. The summed E-state index contributed by atoms with van der Waals surface area (Å²) in [6.45, 7) is 5.60. The van der Waals surface area contributed by atoms with E-state index in [1.807, 2.05) is 26.8 Å². The Morgan fingerprint density at radius 2 is 2.17 bits per heavy atom. The molecule has 1 atom stereocenters. The van der Waals surface area contributed by atoms with Crippen LogP contribution in [0.15, 0.2) is 4.40 Å². The van der Waals surface area contributed by atoms with Gasteiger partial charge in [-0.2, -0.15) is 5.26 Å². The van der Waals surface area contributed by atoms with Crippen molar-refractivity contribution in [2.45, 2.75) is 38.4 Å². The van der Waals surface area contributed by atoms with E-state index in [0.717, 1.165) is 0 Å². The van der Waals surface area contributed by atoms with Gasteiger partial charge < -0.3 is 4.55 Å². The molecule has 0 N–H and O–H groups in total. The van der Waals surface area contributed by atoms with Crippen molar-refractivity contribution in [2.75, 3.05) is 0 Å². The molecule has 0 aromatic rings. The summed E-state index contributed by atoms with van der Waals surface area (Å²) < 4.78 is 14.8. The molecule has 0 fully saturated rings. The van der Waals surface area contributed by atoms with Gasteiger partial charge in [-0.25, -0.2) is 0 Å². The predicted octanol–water partition coefficient (Wildman–Crippen LogP) is 1.82. The van der Waals surface area contributed by atoms with Crippen LogP contribution in [0.2, 0.25) is 0 Å². The molecule has 68 valence electrons. The zero-order valence-electron chi connectivity index (χ0n) is 7.70. The number of nitriles is 1. The van der Waals surface area contributed by atoms with Crippen molar-refractivity contribution in [3.05, 3.63) is 0 Å². The smallest absolute Gasteiger partial charge is 0.144 e. The minimum atomic E-state index is -1.18. The maximum atomic E-state index is 11.3. The fourth-order valence-corrected chi connectivity index (χ4v) is 0.965. The quantitative estimate of drug-likeness (QED) is 0.383. The number of hydrogen-bond acceptors (Lipinski definition) is 3. The van der Waals surface area contributed by atoms with Gasteiger partial charge in [-0.15, -0.1) is 0 Å². The zero-order valence-corrected chi connectivity index (χ0v) is 8.52. The van der Waals surface area contributed by atoms with Crippen LogP contribution >= 0.6 is 0 Å². The minimum absolute atomic E-state index is 0.302. The normalized spacial score (nSPS) is 14.6. The maximum Gasteiger partial charge on any atom is 0.144 e. The van der Waals surface area contributed by atoms with Crippen molar-refractivity contribution in [2.24, 2.45) is 4.40 Å². The zero-order chi connectivity index (χ0) is 9.61. The van der Waals surface area contributed by atoms with Crippen LogP contribution in [0.4, 0.5) is 0 Å². The number of rotatable bonds is 3. The van der Waals surface area contributed by atoms with Gasteiger partial charge in [0.1, 0.15) is 16.1 Å². The molecule has 0 aromatic heterocycles. The van der Waals surface area contributed by atoms with E-state index in [4.69, 9.17) is 5.26 Å². The fraction of sp³-hybridized carbons (Fsp3) is 0.750. The van der Waals surface area contributed by atoms with Gasteiger partial charge in [-0.05, 0) is 20.8 Å². The van der Waals surface area contributed by atoms with Crippen molar-refractivity contribution in [1.82, 2.24) is 0 Å². The van der Waals surface area contributed by atoms with E-state index in [2.05, 4.69) is 4.40 Å². The Hall–Kier alpha value is -0.530. The van der Waals surface area contributed by atoms with Crippen LogP contribution in [0.3, 0.4) is 0 Å². The lowest BCUT2D eigenvalue weighted by Gasteiger charge is -2.17. The van der Waals surface area contributed by atoms with Crippen LogP contribution in [0, 0.1) is 11.3 Å². The summed E-state index contributed by atoms with van der Waals surface area (Å²) in [5, 5.41) is 8.20. The highest BCUT2D eigenvalue weighted by Crippen LogP contribution is 2.16. The van der Waals surface area contributed by atoms with Crippen molar-refractivity contribution >= 4 is 17.6 Å². The molecule has 0 saturated heterocycles. The summed E-state index contributed by atoms with van der Waals surface area (Å²) in [5.74, 6) is 0. The van der Waals surface area contributed by atoms with E-state index in [1.54, 1.807) is 6.21 Å². The average Bonchev–Trinajstić information content (AvgIpc) is 1.96. The molecule has 12 heavy (non-hydrogen) atoms. The molecule has 3 nitrogen and oxygen atoms in total. The van der Waals surface area contributed by atoms with E-state index in [-0.39, 0.29) is 4.75 Å². The molecule has 0 radical (unpaired) electrons. The van der Waals surface area contributed by atoms with Gasteiger partial charge in [0, 0.05) is 12.8 Å². The highest BCUT2D eigenvalue weighted by Gasteiger charge is 2.25. The molecule has 4 heteroatoms. The van der Waals surface area contributed by atoms with Crippen LogP contribution in [0.25, 0.3) is 0 Å². The van der Waals surface area contributed by atoms with Crippen LogP contribution in [0.1, 0.15) is 33.6 Å². The van der Waals surface area contributed by atoms with Gasteiger partial charge in [0.25, 0.3) is 0 Å². The molecule has 0 saturated carbocycles. The first-order valence-corrected chi connectivity index (χ1v) is 4.90. The van der Waals surface area contributed by atoms with Crippen molar-refractivity contribution in [3.63, 3.8) is 0 Å². The van der Waals surface area contributed by atoms with E-state index in [0.29, 0.717) is 12.8 Å².